The van der Waals surface area contributed by atoms with Gasteiger partial charge in [0.1, 0.15) is 24.8 Å². The lowest BCUT2D eigenvalue weighted by atomic mass is 9.88. The van der Waals surface area contributed by atoms with Crippen LogP contribution in [-0.4, -0.2) is 188 Å². The Morgan fingerprint density at radius 3 is 0.934 bits per heavy atom. The minimum Gasteiger partial charge on any atom is -0.496 e. The number of fused-ring (bicyclic) bond motifs is 2. The van der Waals surface area contributed by atoms with Gasteiger partial charge in [-0.25, -0.2) is 38.4 Å². The van der Waals surface area contributed by atoms with Crippen LogP contribution in [-0.2, 0) is 73.9 Å². The SMILES string of the molecule is CCOC(=O)[C@@]12N3CN4C(=O)N5Cc6c(NC(=O)C(F)(F)F)ccc(OC)c6CN6C(=O)N(CN1C(=O)N1Cc7c(OC)ccc(NC(=O)C(F)(F)F)c7CN(C3=O)[C@@]12C(=O)OCC)[C@@]4(C(=O)OCC)[C@]56C(=O)OCC. The molecule has 2 N–H and O–H groups in total. The Kier molecular flexibility index (Phi) is 12.1. The van der Waals surface area contributed by atoms with Gasteiger partial charge >= 0.3 is 72.2 Å². The van der Waals surface area contributed by atoms with E-state index in [9.17, 15) is 35.9 Å². The van der Waals surface area contributed by atoms with Crippen LogP contribution in [0.15, 0.2) is 24.3 Å². The van der Waals surface area contributed by atoms with E-state index in [0.717, 1.165) is 38.5 Å². The van der Waals surface area contributed by atoms with Gasteiger partial charge in [0.05, 0.1) is 66.8 Å². The molecule has 10 amide bonds. The van der Waals surface area contributed by atoms with Crippen LogP contribution in [0.4, 0.5) is 56.9 Å². The largest absolute Gasteiger partial charge is 0.496 e. The fourth-order valence-corrected chi connectivity index (χ4v) is 11.5. The fourth-order valence-electron chi connectivity index (χ4n) is 11.5. The number of hydrogen-bond acceptors (Lipinski definition) is 16. The van der Waals surface area contributed by atoms with Crippen molar-refractivity contribution >= 4 is 71.2 Å². The minimum absolute atomic E-state index is 0.190. The molecule has 26 nitrogen and oxygen atoms in total. The highest BCUT2D eigenvalue weighted by Gasteiger charge is 2.93. The first-order chi connectivity index (χ1) is 35.8. The number of carbonyl (C=O) groups is 10. The van der Waals surface area contributed by atoms with E-state index >= 15 is 38.4 Å². The third-order valence-electron chi connectivity index (χ3n) is 14.2. The summed E-state index contributed by atoms with van der Waals surface area (Å²) in [5.74, 6) is -11.8. The van der Waals surface area contributed by atoms with Crippen molar-refractivity contribution in [2.75, 3.05) is 64.6 Å². The first-order valence-corrected chi connectivity index (χ1v) is 23.0. The Hall–Kier alpha value is -8.48. The van der Waals surface area contributed by atoms with Crippen molar-refractivity contribution in [3.8, 4) is 11.5 Å². The lowest BCUT2D eigenvalue weighted by Gasteiger charge is -2.51. The number of carbonyl (C=O) groups excluding carboxylic acids is 10. The number of alkyl halides is 6. The summed E-state index contributed by atoms with van der Waals surface area (Å²) in [6.07, 6.45) is -11.0. The van der Waals surface area contributed by atoms with E-state index in [4.69, 9.17) is 28.4 Å². The van der Waals surface area contributed by atoms with E-state index < -0.39 is 172 Å². The van der Waals surface area contributed by atoms with Crippen molar-refractivity contribution in [3.63, 3.8) is 0 Å². The topological polar surface area (TPSA) is 276 Å². The van der Waals surface area contributed by atoms with Crippen molar-refractivity contribution in [1.82, 2.24) is 39.2 Å². The molecule has 9 rings (SSSR count). The third-order valence-corrected chi connectivity index (χ3v) is 14.2. The number of nitrogens with zero attached hydrogens (tertiary/aromatic N) is 8. The molecule has 0 unspecified atom stereocenters. The average Bonchev–Trinajstić information content (AvgIpc) is 3.83. The van der Waals surface area contributed by atoms with Crippen LogP contribution in [0.1, 0.15) is 49.9 Å². The summed E-state index contributed by atoms with van der Waals surface area (Å²) >= 11 is 0. The van der Waals surface area contributed by atoms with Crippen LogP contribution in [0.3, 0.4) is 0 Å². The highest BCUT2D eigenvalue weighted by Crippen LogP contribution is 2.62. The molecule has 2 aromatic rings. The summed E-state index contributed by atoms with van der Waals surface area (Å²) < 4.78 is 117. The van der Waals surface area contributed by atoms with Gasteiger partial charge in [-0.3, -0.25) is 48.8 Å². The van der Waals surface area contributed by atoms with Crippen molar-refractivity contribution in [2.45, 2.75) is 88.9 Å². The van der Waals surface area contributed by atoms with Crippen molar-refractivity contribution in [3.05, 3.63) is 46.5 Å². The first kappa shape index (κ1) is 52.4. The smallest absolute Gasteiger partial charge is 0.471 e. The lowest BCUT2D eigenvalue weighted by molar-refractivity contribution is -0.209. The van der Waals surface area contributed by atoms with E-state index in [1.807, 2.05) is 0 Å². The number of hydrogen-bond donors (Lipinski definition) is 2. The van der Waals surface area contributed by atoms with E-state index in [1.165, 1.54) is 27.7 Å². The monoisotopic (exact) mass is 1080 g/mol. The van der Waals surface area contributed by atoms with Gasteiger partial charge in [-0.2, -0.15) is 26.3 Å². The summed E-state index contributed by atoms with van der Waals surface area (Å²) in [6.45, 7) is -4.22. The second kappa shape index (κ2) is 17.6. The number of benzene rings is 2. The molecule has 7 heterocycles. The molecule has 2 aromatic carbocycles. The first-order valence-electron chi connectivity index (χ1n) is 23.0. The third kappa shape index (κ3) is 6.33. The maximum atomic E-state index is 15.9. The molecule has 0 aromatic heterocycles. The number of ether oxygens (including phenoxy) is 6. The molecule has 7 aliphatic heterocycles. The Bertz CT molecular complexity index is 2770. The standard InChI is InChI=1S/C44H44F6N10O16/c1-7-73-31(63)39-41(33(65)75-9-3)57-19-58-36(68)54-16-22-24(28(72-6)14-12-26(22)52-30(62)44(48,49)50)18-56-38(70)60(42(58,34(66)76-10-4)40(54,56)32(64)74-8-2)20-59(41)37(69)55(39)17-23-21(15-53(39)35(57)67)25(11-13-27(23)71-5)51-29(61)43(45,46)47/h11-14H,7-10,15-20H2,1-6H3,(H,51,61)(H,52,62)/t39-,40+,41+,42-. The molecule has 5 saturated heterocycles. The van der Waals surface area contributed by atoms with E-state index in [-0.39, 0.29) is 33.8 Å². The number of nitrogens with one attached hydrogen (secondary N) is 2. The summed E-state index contributed by atoms with van der Waals surface area (Å²) in [5, 5.41) is 3.44. The summed E-state index contributed by atoms with van der Waals surface area (Å²) in [4.78, 5) is 155. The molecule has 76 heavy (non-hydrogen) atoms. The van der Waals surface area contributed by atoms with Gasteiger partial charge in [0.25, 0.3) is 22.7 Å². The van der Waals surface area contributed by atoms with E-state index in [1.54, 1.807) is 10.6 Å². The van der Waals surface area contributed by atoms with Crippen LogP contribution in [0.25, 0.3) is 0 Å². The molecule has 408 valence electrons. The summed E-state index contributed by atoms with van der Waals surface area (Å²) in [5.41, 5.74) is -15.6. The molecule has 0 bridgehead atoms. The molecule has 7 aliphatic rings. The zero-order valence-electron chi connectivity index (χ0n) is 40.8. The van der Waals surface area contributed by atoms with Crippen molar-refractivity contribution in [2.24, 2.45) is 0 Å². The summed E-state index contributed by atoms with van der Waals surface area (Å²) in [6, 6.07) is -1.86. The van der Waals surface area contributed by atoms with Gasteiger partial charge in [0, 0.05) is 33.6 Å². The number of halogens is 6. The van der Waals surface area contributed by atoms with Crippen molar-refractivity contribution < 1.29 is 103 Å². The zero-order chi connectivity index (χ0) is 55.6. The zero-order valence-corrected chi connectivity index (χ0v) is 40.8. The molecular weight excluding hydrogens is 1040 g/mol. The molecule has 0 spiro atoms. The lowest BCUT2D eigenvalue weighted by Crippen LogP contribution is -2.81. The highest BCUT2D eigenvalue weighted by molar-refractivity contribution is 6.13. The Balaban J connectivity index is 1.36. The van der Waals surface area contributed by atoms with Crippen LogP contribution in [0.2, 0.25) is 0 Å². The number of methoxy groups -OCH3 is 2. The number of esters is 4. The highest BCUT2D eigenvalue weighted by atomic mass is 19.4. The Morgan fingerprint density at radius 2 is 0.697 bits per heavy atom. The van der Waals surface area contributed by atoms with Gasteiger partial charge in [-0.15, -0.1) is 0 Å². The number of anilines is 2. The second-order valence-electron chi connectivity index (χ2n) is 17.5. The maximum Gasteiger partial charge on any atom is 0.471 e. The normalized spacial score (nSPS) is 24.9. The molecule has 5 fully saturated rings. The maximum absolute atomic E-state index is 15.9. The van der Waals surface area contributed by atoms with E-state index in [2.05, 4.69) is 0 Å². The number of urea groups is 4. The van der Waals surface area contributed by atoms with Crippen LogP contribution >= 0.6 is 0 Å². The van der Waals surface area contributed by atoms with Gasteiger partial charge in [-0.1, -0.05) is 0 Å². The Morgan fingerprint density at radius 1 is 0.447 bits per heavy atom. The van der Waals surface area contributed by atoms with E-state index in [0.29, 0.717) is 39.2 Å². The molecule has 32 heteroatoms. The molecule has 0 radical (unpaired) electrons. The summed E-state index contributed by atoms with van der Waals surface area (Å²) in [7, 11) is 2.25. The predicted octanol–water partition coefficient (Wildman–Crippen LogP) is 2.35. The van der Waals surface area contributed by atoms with Crippen LogP contribution < -0.4 is 20.1 Å². The predicted molar refractivity (Wildman–Crippen MR) is 234 cm³/mol. The fraction of sp³-hybridized carbons (Fsp3) is 0.500. The average molecular weight is 1080 g/mol. The number of amides is 10. The molecule has 0 aliphatic carbocycles. The van der Waals surface area contributed by atoms with Gasteiger partial charge in [0.15, 0.2) is 0 Å². The molecule has 0 saturated carbocycles. The van der Waals surface area contributed by atoms with Gasteiger partial charge in [-0.05, 0) is 52.0 Å². The molecule has 4 atom stereocenters. The Labute approximate surface area is 424 Å². The number of rotatable bonds is 12. The van der Waals surface area contributed by atoms with Gasteiger partial charge in [0.2, 0.25) is 0 Å². The van der Waals surface area contributed by atoms with Gasteiger partial charge < -0.3 is 39.1 Å². The second-order valence-corrected chi connectivity index (χ2v) is 17.5. The van der Waals surface area contributed by atoms with Crippen LogP contribution in [0.5, 0.6) is 11.5 Å². The molecular formula is C44H44F6N10O16. The minimum atomic E-state index is -5.49. The van der Waals surface area contributed by atoms with Crippen LogP contribution in [0, 0.1) is 0 Å². The quantitative estimate of drug-likeness (QED) is 0.175. The van der Waals surface area contributed by atoms with Crippen molar-refractivity contribution in [1.29, 1.82) is 0 Å².